The Morgan fingerprint density at radius 1 is 1.50 bits per heavy atom. The molecule has 1 aromatic carbocycles. The summed E-state index contributed by atoms with van der Waals surface area (Å²) in [5.41, 5.74) is 0.156. The molecule has 1 aromatic heterocycles. The number of aromatic nitrogens is 1. The van der Waals surface area contributed by atoms with Crippen LogP contribution in [0.25, 0.3) is 0 Å². The van der Waals surface area contributed by atoms with Gasteiger partial charge in [0.15, 0.2) is 5.69 Å². The van der Waals surface area contributed by atoms with Crippen molar-refractivity contribution in [3.8, 4) is 5.75 Å². The molecule has 0 bridgehead atoms. The molecular weight excluding hydrogens is 331 g/mol. The number of benzene rings is 1. The molecule has 22 heavy (non-hydrogen) atoms. The zero-order valence-corrected chi connectivity index (χ0v) is 13.2. The number of amides is 1. The average molecular weight is 345 g/mol. The van der Waals surface area contributed by atoms with Gasteiger partial charge in [-0.05, 0) is 19.1 Å². The summed E-state index contributed by atoms with van der Waals surface area (Å²) >= 11 is 11.8. The zero-order valence-electron chi connectivity index (χ0n) is 11.7. The van der Waals surface area contributed by atoms with Crippen LogP contribution in [0.1, 0.15) is 16.2 Å². The fourth-order valence-electron chi connectivity index (χ4n) is 1.61. The molecule has 1 heterocycles. The highest BCUT2D eigenvalue weighted by atomic mass is 35.5. The monoisotopic (exact) mass is 344 g/mol. The first-order valence-electron chi connectivity index (χ1n) is 6.43. The van der Waals surface area contributed by atoms with Crippen molar-refractivity contribution >= 4 is 29.1 Å². The summed E-state index contributed by atoms with van der Waals surface area (Å²) in [6.45, 7) is 1.64. The molecule has 2 rings (SSSR count). The smallest absolute Gasteiger partial charge is 0.273 e. The van der Waals surface area contributed by atoms with Crippen molar-refractivity contribution in [2.45, 2.75) is 13.0 Å². The van der Waals surface area contributed by atoms with Crippen molar-refractivity contribution in [1.82, 2.24) is 10.5 Å². The van der Waals surface area contributed by atoms with E-state index in [-0.39, 0.29) is 23.9 Å². The standard InChI is InChI=1S/C14H14Cl2N2O4/c1-8-5-11(18-22-8)14(20)17-6-9(19)7-21-12-4-2-3-10(15)13(12)16/h2-5,9,19H,6-7H2,1H3,(H,17,20). The van der Waals surface area contributed by atoms with Gasteiger partial charge in [0.2, 0.25) is 0 Å². The topological polar surface area (TPSA) is 84.6 Å². The number of ether oxygens (including phenoxy) is 1. The maximum atomic E-state index is 11.7. The van der Waals surface area contributed by atoms with E-state index in [1.165, 1.54) is 6.07 Å². The lowest BCUT2D eigenvalue weighted by molar-refractivity contribution is 0.0837. The van der Waals surface area contributed by atoms with Gasteiger partial charge in [0.1, 0.15) is 29.2 Å². The van der Waals surface area contributed by atoms with Crippen LogP contribution in [0.2, 0.25) is 10.0 Å². The molecule has 1 unspecified atom stereocenters. The predicted octanol–water partition coefficient (Wildman–Crippen LogP) is 2.46. The summed E-state index contributed by atoms with van der Waals surface area (Å²) in [6, 6.07) is 6.46. The Hall–Kier alpha value is -1.76. The molecule has 8 heteroatoms. The molecule has 0 aliphatic heterocycles. The minimum absolute atomic E-state index is 0.00290. The first kappa shape index (κ1) is 16.6. The number of hydrogen-bond donors (Lipinski definition) is 2. The first-order valence-corrected chi connectivity index (χ1v) is 7.19. The Bertz CT molecular complexity index is 660. The third kappa shape index (κ3) is 4.37. The van der Waals surface area contributed by atoms with E-state index >= 15 is 0 Å². The molecular formula is C14H14Cl2N2O4. The van der Waals surface area contributed by atoms with E-state index in [1.54, 1.807) is 25.1 Å². The van der Waals surface area contributed by atoms with Gasteiger partial charge in [-0.2, -0.15) is 0 Å². The first-order chi connectivity index (χ1) is 10.5. The quantitative estimate of drug-likeness (QED) is 0.840. The van der Waals surface area contributed by atoms with Crippen LogP contribution in [0, 0.1) is 6.92 Å². The normalized spacial score (nSPS) is 12.0. The van der Waals surface area contributed by atoms with Crippen LogP contribution in [0.15, 0.2) is 28.8 Å². The molecule has 0 radical (unpaired) electrons. The summed E-state index contributed by atoms with van der Waals surface area (Å²) in [5.74, 6) is 0.466. The van der Waals surface area contributed by atoms with E-state index in [0.717, 1.165) is 0 Å². The molecule has 0 aliphatic carbocycles. The van der Waals surface area contributed by atoms with Gasteiger partial charge in [-0.15, -0.1) is 0 Å². The third-order valence-electron chi connectivity index (χ3n) is 2.71. The molecule has 0 saturated carbocycles. The lowest BCUT2D eigenvalue weighted by Gasteiger charge is -2.14. The molecule has 1 amide bonds. The van der Waals surface area contributed by atoms with Gasteiger partial charge in [-0.1, -0.05) is 34.4 Å². The van der Waals surface area contributed by atoms with E-state index in [4.69, 9.17) is 32.5 Å². The van der Waals surface area contributed by atoms with Crippen molar-refractivity contribution in [2.75, 3.05) is 13.2 Å². The summed E-state index contributed by atoms with van der Waals surface area (Å²) in [4.78, 5) is 11.7. The number of hydrogen-bond acceptors (Lipinski definition) is 5. The Labute approximate surface area is 137 Å². The van der Waals surface area contributed by atoms with Gasteiger partial charge in [-0.3, -0.25) is 4.79 Å². The Morgan fingerprint density at radius 2 is 2.27 bits per heavy atom. The minimum atomic E-state index is -0.910. The summed E-state index contributed by atoms with van der Waals surface area (Å²) in [7, 11) is 0. The van der Waals surface area contributed by atoms with Crippen molar-refractivity contribution in [3.05, 3.63) is 45.8 Å². The summed E-state index contributed by atoms with van der Waals surface area (Å²) in [5, 5.41) is 16.6. The zero-order chi connectivity index (χ0) is 16.1. The lowest BCUT2D eigenvalue weighted by Crippen LogP contribution is -2.35. The molecule has 2 aromatic rings. The summed E-state index contributed by atoms with van der Waals surface area (Å²) in [6.07, 6.45) is -0.910. The van der Waals surface area contributed by atoms with Crippen molar-refractivity contribution in [1.29, 1.82) is 0 Å². The van der Waals surface area contributed by atoms with Crippen molar-refractivity contribution in [2.24, 2.45) is 0 Å². The van der Waals surface area contributed by atoms with Crippen LogP contribution >= 0.6 is 23.2 Å². The second-order valence-corrected chi connectivity index (χ2v) is 5.33. The molecule has 6 nitrogen and oxygen atoms in total. The van der Waals surface area contributed by atoms with E-state index in [9.17, 15) is 9.90 Å². The van der Waals surface area contributed by atoms with Crippen LogP contribution < -0.4 is 10.1 Å². The molecule has 0 aliphatic rings. The maximum absolute atomic E-state index is 11.7. The number of halogens is 2. The second kappa shape index (κ2) is 7.49. The molecule has 118 valence electrons. The van der Waals surface area contributed by atoms with Crippen LogP contribution in [-0.2, 0) is 0 Å². The van der Waals surface area contributed by atoms with E-state index in [1.807, 2.05) is 0 Å². The number of rotatable bonds is 6. The largest absolute Gasteiger partial charge is 0.489 e. The molecule has 0 spiro atoms. The lowest BCUT2D eigenvalue weighted by atomic mass is 10.3. The van der Waals surface area contributed by atoms with Gasteiger partial charge < -0.3 is 19.7 Å². The highest BCUT2D eigenvalue weighted by molar-refractivity contribution is 6.42. The molecule has 2 N–H and O–H groups in total. The number of carbonyl (C=O) groups excluding carboxylic acids is 1. The van der Waals surface area contributed by atoms with Gasteiger partial charge in [0, 0.05) is 12.6 Å². The van der Waals surface area contributed by atoms with Crippen LogP contribution in [-0.4, -0.2) is 35.4 Å². The van der Waals surface area contributed by atoms with Gasteiger partial charge in [0.25, 0.3) is 5.91 Å². The number of aliphatic hydroxyl groups is 1. The molecule has 0 saturated heterocycles. The Kier molecular flexibility index (Phi) is 5.65. The fourth-order valence-corrected chi connectivity index (χ4v) is 1.96. The van der Waals surface area contributed by atoms with E-state index < -0.39 is 12.0 Å². The number of nitrogens with one attached hydrogen (secondary N) is 1. The van der Waals surface area contributed by atoms with Gasteiger partial charge in [-0.25, -0.2) is 0 Å². The summed E-state index contributed by atoms with van der Waals surface area (Å²) < 4.78 is 10.2. The van der Waals surface area contributed by atoms with E-state index in [0.29, 0.717) is 16.5 Å². The highest BCUT2D eigenvalue weighted by Gasteiger charge is 2.14. The predicted molar refractivity (Wildman–Crippen MR) is 81.5 cm³/mol. The van der Waals surface area contributed by atoms with Gasteiger partial charge >= 0.3 is 0 Å². The number of aliphatic hydroxyl groups excluding tert-OH is 1. The Morgan fingerprint density at radius 3 is 2.95 bits per heavy atom. The number of aryl methyl sites for hydroxylation is 1. The number of carbonyl (C=O) groups is 1. The second-order valence-electron chi connectivity index (χ2n) is 4.55. The minimum Gasteiger partial charge on any atom is -0.489 e. The van der Waals surface area contributed by atoms with Crippen molar-refractivity contribution < 1.29 is 19.2 Å². The van der Waals surface area contributed by atoms with Crippen LogP contribution in [0.4, 0.5) is 0 Å². The highest BCUT2D eigenvalue weighted by Crippen LogP contribution is 2.31. The Balaban J connectivity index is 1.79. The van der Waals surface area contributed by atoms with Gasteiger partial charge in [0.05, 0.1) is 5.02 Å². The number of nitrogens with zero attached hydrogens (tertiary/aromatic N) is 1. The maximum Gasteiger partial charge on any atom is 0.273 e. The molecule has 1 atom stereocenters. The van der Waals surface area contributed by atoms with Crippen molar-refractivity contribution in [3.63, 3.8) is 0 Å². The molecule has 0 fully saturated rings. The third-order valence-corrected chi connectivity index (χ3v) is 3.51. The van der Waals surface area contributed by atoms with Crippen LogP contribution in [0.3, 0.4) is 0 Å². The van der Waals surface area contributed by atoms with E-state index in [2.05, 4.69) is 10.5 Å². The fraction of sp³-hybridized carbons (Fsp3) is 0.286. The average Bonchev–Trinajstić information content (AvgIpc) is 2.93. The van der Waals surface area contributed by atoms with Crippen LogP contribution in [0.5, 0.6) is 5.75 Å². The SMILES string of the molecule is Cc1cc(C(=O)NCC(O)COc2cccc(Cl)c2Cl)no1.